The molecule has 5 aromatic rings. The van der Waals surface area contributed by atoms with Crippen molar-refractivity contribution in [3.8, 4) is 16.9 Å². The monoisotopic (exact) mass is 420 g/mol. The molecule has 0 amide bonds. The average molecular weight is 421 g/mol. The fourth-order valence-electron chi connectivity index (χ4n) is 4.46. The van der Waals surface area contributed by atoms with Crippen molar-refractivity contribution in [3.63, 3.8) is 0 Å². The molecule has 6 rings (SSSR count). The highest BCUT2D eigenvalue weighted by atomic mass is 16.5. The standard InChI is InChI=1S/C28H24N2O2/c1-32-25-10-2-19(3-11-25)18-29-14-12-20-4-8-23(16-26(20)29)24-9-5-21-13-15-30(27(21)17-24)28(31)22-6-7-22/h2-5,8-17,22H,6-7,18H2,1H3. The molecule has 1 aliphatic carbocycles. The number of nitrogens with zero attached hydrogens (tertiary/aromatic N) is 2. The van der Waals surface area contributed by atoms with Gasteiger partial charge in [0.25, 0.3) is 0 Å². The average Bonchev–Trinajstić information content (AvgIpc) is 3.49. The molecule has 0 spiro atoms. The number of rotatable bonds is 5. The van der Waals surface area contributed by atoms with Crippen LogP contribution in [0, 0.1) is 5.92 Å². The third-order valence-corrected chi connectivity index (χ3v) is 6.48. The summed E-state index contributed by atoms with van der Waals surface area (Å²) in [5.41, 5.74) is 5.70. The molecule has 1 aliphatic rings. The van der Waals surface area contributed by atoms with Crippen LogP contribution in [0.4, 0.5) is 0 Å². The number of methoxy groups -OCH3 is 1. The lowest BCUT2D eigenvalue weighted by Crippen LogP contribution is -2.10. The fraction of sp³-hybridized carbons (Fsp3) is 0.179. The molecular formula is C28H24N2O2. The predicted octanol–water partition coefficient (Wildman–Crippen LogP) is 6.37. The third kappa shape index (κ3) is 3.28. The summed E-state index contributed by atoms with van der Waals surface area (Å²) in [4.78, 5) is 12.7. The summed E-state index contributed by atoms with van der Waals surface area (Å²) in [6, 6.07) is 25.4. The first-order valence-electron chi connectivity index (χ1n) is 11.1. The maximum atomic E-state index is 12.7. The molecule has 0 atom stereocenters. The van der Waals surface area contributed by atoms with Gasteiger partial charge in [-0.2, -0.15) is 0 Å². The van der Waals surface area contributed by atoms with E-state index in [-0.39, 0.29) is 11.8 Å². The van der Waals surface area contributed by atoms with Gasteiger partial charge in [0.05, 0.1) is 12.6 Å². The minimum absolute atomic E-state index is 0.201. The predicted molar refractivity (Wildman–Crippen MR) is 128 cm³/mol. The largest absolute Gasteiger partial charge is 0.497 e. The van der Waals surface area contributed by atoms with Crippen molar-refractivity contribution in [3.05, 3.63) is 90.8 Å². The van der Waals surface area contributed by atoms with Gasteiger partial charge in [0, 0.05) is 35.8 Å². The van der Waals surface area contributed by atoms with Gasteiger partial charge in [0.1, 0.15) is 5.75 Å². The molecule has 0 radical (unpaired) electrons. The van der Waals surface area contributed by atoms with Gasteiger partial charge in [-0.25, -0.2) is 0 Å². The van der Waals surface area contributed by atoms with E-state index in [1.54, 1.807) is 7.11 Å². The van der Waals surface area contributed by atoms with Gasteiger partial charge in [-0.3, -0.25) is 9.36 Å². The highest BCUT2D eigenvalue weighted by Gasteiger charge is 2.31. The SMILES string of the molecule is COc1ccc(Cn2ccc3ccc(-c4ccc5ccn(C(=O)C6CC6)c5c4)cc32)cc1. The normalized spacial score (nSPS) is 13.7. The fourth-order valence-corrected chi connectivity index (χ4v) is 4.46. The molecule has 0 aliphatic heterocycles. The van der Waals surface area contributed by atoms with Crippen LogP contribution < -0.4 is 4.74 Å². The molecule has 0 N–H and O–H groups in total. The summed E-state index contributed by atoms with van der Waals surface area (Å²) in [7, 11) is 1.69. The molecule has 3 aromatic carbocycles. The highest BCUT2D eigenvalue weighted by Crippen LogP contribution is 2.33. The Morgan fingerprint density at radius 3 is 2.19 bits per heavy atom. The summed E-state index contributed by atoms with van der Waals surface area (Å²) in [5, 5.41) is 2.32. The summed E-state index contributed by atoms with van der Waals surface area (Å²) >= 11 is 0. The first-order chi connectivity index (χ1) is 15.7. The smallest absolute Gasteiger partial charge is 0.234 e. The Labute approximate surface area is 186 Å². The highest BCUT2D eigenvalue weighted by molar-refractivity contribution is 5.96. The van der Waals surface area contributed by atoms with Crippen molar-refractivity contribution in [2.75, 3.05) is 7.11 Å². The number of benzene rings is 3. The molecule has 0 saturated heterocycles. The van der Waals surface area contributed by atoms with Crippen LogP contribution in [-0.4, -0.2) is 22.2 Å². The maximum Gasteiger partial charge on any atom is 0.234 e. The van der Waals surface area contributed by atoms with Gasteiger partial charge in [0.2, 0.25) is 5.91 Å². The minimum atomic E-state index is 0.201. The molecule has 158 valence electrons. The van der Waals surface area contributed by atoms with Gasteiger partial charge in [-0.05, 0) is 71.3 Å². The first kappa shape index (κ1) is 18.9. The van der Waals surface area contributed by atoms with Crippen LogP contribution in [0.25, 0.3) is 32.9 Å². The topological polar surface area (TPSA) is 36.2 Å². The van der Waals surface area contributed by atoms with Gasteiger partial charge in [-0.1, -0.05) is 36.4 Å². The van der Waals surface area contributed by atoms with E-state index < -0.39 is 0 Å². The quantitative estimate of drug-likeness (QED) is 0.331. The molecule has 32 heavy (non-hydrogen) atoms. The molecule has 0 bridgehead atoms. The molecule has 4 heteroatoms. The minimum Gasteiger partial charge on any atom is -0.497 e. The number of ether oxygens (including phenoxy) is 1. The molecule has 1 fully saturated rings. The van der Waals surface area contributed by atoms with Crippen LogP contribution in [0.15, 0.2) is 85.2 Å². The van der Waals surface area contributed by atoms with E-state index in [4.69, 9.17) is 4.74 Å². The molecule has 0 unspecified atom stereocenters. The van der Waals surface area contributed by atoms with Crippen molar-refractivity contribution in [1.29, 1.82) is 0 Å². The number of carbonyl (C=O) groups excluding carboxylic acids is 1. The molecule has 2 aromatic heterocycles. The van der Waals surface area contributed by atoms with Gasteiger partial charge in [-0.15, -0.1) is 0 Å². The number of carbonyl (C=O) groups is 1. The van der Waals surface area contributed by atoms with Gasteiger partial charge >= 0.3 is 0 Å². The van der Waals surface area contributed by atoms with Crippen molar-refractivity contribution >= 4 is 27.7 Å². The molecule has 4 nitrogen and oxygen atoms in total. The van der Waals surface area contributed by atoms with Crippen LogP contribution in [0.5, 0.6) is 5.75 Å². The van der Waals surface area contributed by atoms with E-state index in [1.165, 1.54) is 16.5 Å². The van der Waals surface area contributed by atoms with Gasteiger partial charge in [0.15, 0.2) is 0 Å². The van der Waals surface area contributed by atoms with Crippen molar-refractivity contribution < 1.29 is 9.53 Å². The Balaban J connectivity index is 1.37. The summed E-state index contributed by atoms with van der Waals surface area (Å²) in [6.45, 7) is 0.800. The second kappa shape index (κ2) is 7.41. The second-order valence-corrected chi connectivity index (χ2v) is 8.64. The second-order valence-electron chi connectivity index (χ2n) is 8.64. The molecular weight excluding hydrogens is 396 g/mol. The number of fused-ring (bicyclic) bond motifs is 2. The molecule has 2 heterocycles. The van der Waals surface area contributed by atoms with Crippen LogP contribution in [0.2, 0.25) is 0 Å². The van der Waals surface area contributed by atoms with E-state index >= 15 is 0 Å². The van der Waals surface area contributed by atoms with Crippen LogP contribution in [0.3, 0.4) is 0 Å². The van der Waals surface area contributed by atoms with E-state index in [2.05, 4.69) is 65.4 Å². The zero-order chi connectivity index (χ0) is 21.7. The Morgan fingerprint density at radius 1 is 0.844 bits per heavy atom. The maximum absolute atomic E-state index is 12.7. The Kier molecular flexibility index (Phi) is 4.39. The van der Waals surface area contributed by atoms with Crippen molar-refractivity contribution in [1.82, 2.24) is 9.13 Å². The Hall–Kier alpha value is -3.79. The number of hydrogen-bond acceptors (Lipinski definition) is 2. The lowest BCUT2D eigenvalue weighted by atomic mass is 10.0. The lowest BCUT2D eigenvalue weighted by molar-refractivity contribution is 0.0891. The van der Waals surface area contributed by atoms with E-state index in [0.717, 1.165) is 47.2 Å². The summed E-state index contributed by atoms with van der Waals surface area (Å²) in [5.74, 6) is 1.29. The zero-order valence-electron chi connectivity index (χ0n) is 18.0. The van der Waals surface area contributed by atoms with E-state index in [9.17, 15) is 4.79 Å². The Bertz CT molecular complexity index is 1450. The van der Waals surface area contributed by atoms with Crippen LogP contribution >= 0.6 is 0 Å². The lowest BCUT2D eigenvalue weighted by Gasteiger charge is -2.09. The number of hydrogen-bond donors (Lipinski definition) is 0. The summed E-state index contributed by atoms with van der Waals surface area (Å²) in [6.07, 6.45) is 6.08. The van der Waals surface area contributed by atoms with E-state index in [1.807, 2.05) is 29.0 Å². The van der Waals surface area contributed by atoms with E-state index in [0.29, 0.717) is 0 Å². The van der Waals surface area contributed by atoms with Crippen LogP contribution in [-0.2, 0) is 6.54 Å². The number of aromatic nitrogens is 2. The zero-order valence-corrected chi connectivity index (χ0v) is 18.0. The first-order valence-corrected chi connectivity index (χ1v) is 11.1. The molecule has 1 saturated carbocycles. The van der Waals surface area contributed by atoms with Crippen LogP contribution in [0.1, 0.15) is 23.2 Å². The van der Waals surface area contributed by atoms with Gasteiger partial charge < -0.3 is 9.30 Å². The third-order valence-electron chi connectivity index (χ3n) is 6.48. The Morgan fingerprint density at radius 2 is 1.50 bits per heavy atom. The van der Waals surface area contributed by atoms with Crippen molar-refractivity contribution in [2.45, 2.75) is 19.4 Å². The van der Waals surface area contributed by atoms with Crippen molar-refractivity contribution in [2.24, 2.45) is 5.92 Å². The summed E-state index contributed by atoms with van der Waals surface area (Å²) < 4.78 is 9.38.